The van der Waals surface area contributed by atoms with Crippen LogP contribution in [0.2, 0.25) is 0 Å². The highest BCUT2D eigenvalue weighted by atomic mass is 32.2. The van der Waals surface area contributed by atoms with Crippen molar-refractivity contribution in [2.45, 2.75) is 6.54 Å². The topological polar surface area (TPSA) is 121 Å². The molecule has 0 aromatic heterocycles. The predicted molar refractivity (Wildman–Crippen MR) is 104 cm³/mol. The van der Waals surface area contributed by atoms with Gasteiger partial charge in [-0.25, -0.2) is 9.59 Å². The number of aromatic carboxylic acids is 1. The van der Waals surface area contributed by atoms with Gasteiger partial charge in [-0.15, -0.1) is 0 Å². The van der Waals surface area contributed by atoms with E-state index in [-0.39, 0.29) is 17.0 Å². The fraction of sp³-hybridized carbons (Fsp3) is 0.100. The highest BCUT2D eigenvalue weighted by molar-refractivity contribution is 8.18. The van der Waals surface area contributed by atoms with Crippen molar-refractivity contribution in [3.05, 3.63) is 70.1 Å². The van der Waals surface area contributed by atoms with Gasteiger partial charge in [0.1, 0.15) is 5.75 Å². The molecule has 3 rings (SSSR count). The molecule has 0 spiro atoms. The van der Waals surface area contributed by atoms with Gasteiger partial charge >= 0.3 is 11.9 Å². The lowest BCUT2D eigenvalue weighted by Crippen LogP contribution is -2.27. The lowest BCUT2D eigenvalue weighted by atomic mass is 10.1. The van der Waals surface area contributed by atoms with Gasteiger partial charge in [0.2, 0.25) is 0 Å². The number of benzene rings is 2. The van der Waals surface area contributed by atoms with E-state index in [0.29, 0.717) is 16.9 Å². The maximum Gasteiger partial charge on any atom is 0.341 e. The number of carboxylic acid groups (broad SMARTS) is 2. The molecule has 29 heavy (non-hydrogen) atoms. The number of carbonyl (C=O) groups is 4. The van der Waals surface area contributed by atoms with Crippen LogP contribution in [0.1, 0.15) is 21.5 Å². The van der Waals surface area contributed by atoms with E-state index in [9.17, 15) is 19.2 Å². The number of rotatable bonds is 7. The number of thioether (sulfide) groups is 1. The van der Waals surface area contributed by atoms with Crippen molar-refractivity contribution in [2.24, 2.45) is 0 Å². The Labute approximate surface area is 169 Å². The first kappa shape index (κ1) is 20.2. The summed E-state index contributed by atoms with van der Waals surface area (Å²) in [5.41, 5.74) is 1.42. The Morgan fingerprint density at radius 1 is 1.00 bits per heavy atom. The standard InChI is InChI=1S/C20H15NO7S/c22-17(23)11-28-15-7-3-12(4-8-15)9-16-18(24)21(20(27)29-16)10-13-1-5-14(6-2-13)19(25)26/h1-9H,10-11H2,(H,22,23)(H,25,26)/b16-9-. The van der Waals surface area contributed by atoms with E-state index in [4.69, 9.17) is 14.9 Å². The van der Waals surface area contributed by atoms with Gasteiger partial charge in [0.15, 0.2) is 6.61 Å². The molecule has 1 fully saturated rings. The van der Waals surface area contributed by atoms with E-state index in [2.05, 4.69) is 0 Å². The number of hydrogen-bond donors (Lipinski definition) is 2. The summed E-state index contributed by atoms with van der Waals surface area (Å²) < 4.78 is 5.05. The van der Waals surface area contributed by atoms with Gasteiger partial charge in [0.05, 0.1) is 17.0 Å². The van der Waals surface area contributed by atoms with Crippen LogP contribution >= 0.6 is 11.8 Å². The van der Waals surface area contributed by atoms with Crippen molar-refractivity contribution < 1.29 is 34.1 Å². The predicted octanol–water partition coefficient (Wildman–Crippen LogP) is 3.08. The summed E-state index contributed by atoms with van der Waals surface area (Å²) in [6, 6.07) is 12.4. The Balaban J connectivity index is 1.69. The van der Waals surface area contributed by atoms with Crippen LogP contribution < -0.4 is 4.74 Å². The first-order valence-corrected chi connectivity index (χ1v) is 9.17. The summed E-state index contributed by atoms with van der Waals surface area (Å²) in [7, 11) is 0. The minimum absolute atomic E-state index is 0.0455. The molecule has 1 aliphatic heterocycles. The zero-order valence-corrected chi connectivity index (χ0v) is 15.7. The van der Waals surface area contributed by atoms with E-state index >= 15 is 0 Å². The molecule has 1 saturated heterocycles. The Hall–Kier alpha value is -3.59. The normalized spacial score (nSPS) is 15.0. The third-order valence-electron chi connectivity index (χ3n) is 3.96. The average molecular weight is 413 g/mol. The van der Waals surface area contributed by atoms with Gasteiger partial charge in [0, 0.05) is 0 Å². The number of imide groups is 1. The Bertz CT molecular complexity index is 996. The van der Waals surface area contributed by atoms with Gasteiger partial charge in [-0.3, -0.25) is 14.5 Å². The van der Waals surface area contributed by atoms with E-state index < -0.39 is 29.7 Å². The van der Waals surface area contributed by atoms with Gasteiger partial charge in [-0.2, -0.15) is 0 Å². The summed E-state index contributed by atoms with van der Waals surface area (Å²) in [6.07, 6.45) is 1.57. The van der Waals surface area contributed by atoms with Crippen molar-refractivity contribution in [1.82, 2.24) is 4.90 Å². The average Bonchev–Trinajstić information content (AvgIpc) is 2.95. The number of carboxylic acids is 2. The molecule has 2 amide bonds. The second-order valence-corrected chi connectivity index (χ2v) is 7.01. The largest absolute Gasteiger partial charge is 0.482 e. The first-order valence-electron chi connectivity index (χ1n) is 8.36. The molecule has 0 unspecified atom stereocenters. The molecular formula is C20H15NO7S. The fourth-order valence-electron chi connectivity index (χ4n) is 2.53. The van der Waals surface area contributed by atoms with Gasteiger partial charge in [-0.05, 0) is 53.2 Å². The number of nitrogens with zero attached hydrogens (tertiary/aromatic N) is 1. The zero-order valence-electron chi connectivity index (χ0n) is 14.9. The molecule has 0 radical (unpaired) electrons. The molecule has 2 aromatic carbocycles. The quantitative estimate of drug-likeness (QED) is 0.664. The monoisotopic (exact) mass is 413 g/mol. The SMILES string of the molecule is O=C(O)COc1ccc(/C=C2\SC(=O)N(Cc3ccc(C(=O)O)cc3)C2=O)cc1. The highest BCUT2D eigenvalue weighted by Crippen LogP contribution is 2.33. The van der Waals surface area contributed by atoms with Crippen LogP contribution in [0.25, 0.3) is 6.08 Å². The van der Waals surface area contributed by atoms with Crippen molar-refractivity contribution in [2.75, 3.05) is 6.61 Å². The van der Waals surface area contributed by atoms with E-state index in [0.717, 1.165) is 16.7 Å². The van der Waals surface area contributed by atoms with E-state index in [1.165, 1.54) is 12.1 Å². The summed E-state index contributed by atoms with van der Waals surface area (Å²) in [5.74, 6) is -2.19. The molecule has 1 heterocycles. The van der Waals surface area contributed by atoms with Crippen LogP contribution in [0.15, 0.2) is 53.4 Å². The fourth-order valence-corrected chi connectivity index (χ4v) is 3.37. The molecule has 0 aliphatic carbocycles. The van der Waals surface area contributed by atoms with Crippen LogP contribution in [0.5, 0.6) is 5.75 Å². The molecule has 148 valence electrons. The van der Waals surface area contributed by atoms with Crippen LogP contribution in [-0.4, -0.2) is 44.8 Å². The van der Waals surface area contributed by atoms with Gasteiger partial charge < -0.3 is 14.9 Å². The van der Waals surface area contributed by atoms with Gasteiger partial charge in [-0.1, -0.05) is 24.3 Å². The van der Waals surface area contributed by atoms with Crippen molar-refractivity contribution in [3.8, 4) is 5.75 Å². The molecular weight excluding hydrogens is 398 g/mol. The Morgan fingerprint density at radius 3 is 2.24 bits per heavy atom. The van der Waals surface area contributed by atoms with Crippen LogP contribution in [0, 0.1) is 0 Å². The second-order valence-electron chi connectivity index (χ2n) is 6.02. The summed E-state index contributed by atoms with van der Waals surface area (Å²) in [4.78, 5) is 47.6. The molecule has 8 nitrogen and oxygen atoms in total. The second kappa shape index (κ2) is 8.61. The summed E-state index contributed by atoms with van der Waals surface area (Å²) in [6.45, 7) is -0.407. The van der Waals surface area contributed by atoms with Crippen molar-refractivity contribution >= 4 is 40.9 Å². The highest BCUT2D eigenvalue weighted by Gasteiger charge is 2.34. The zero-order chi connectivity index (χ0) is 21.0. The number of aliphatic carboxylic acids is 1. The molecule has 9 heteroatoms. The number of carbonyl (C=O) groups excluding carboxylic acids is 2. The Morgan fingerprint density at radius 2 is 1.66 bits per heavy atom. The molecule has 1 aliphatic rings. The molecule has 2 aromatic rings. The summed E-state index contributed by atoms with van der Waals surface area (Å²) in [5, 5.41) is 17.1. The minimum atomic E-state index is -1.08. The maximum atomic E-state index is 12.6. The lowest BCUT2D eigenvalue weighted by molar-refractivity contribution is -0.139. The molecule has 2 N–H and O–H groups in total. The molecule has 0 saturated carbocycles. The van der Waals surface area contributed by atoms with Crippen LogP contribution in [0.4, 0.5) is 4.79 Å². The van der Waals surface area contributed by atoms with Crippen LogP contribution in [0.3, 0.4) is 0 Å². The lowest BCUT2D eigenvalue weighted by Gasteiger charge is -2.12. The third-order valence-corrected chi connectivity index (χ3v) is 4.86. The number of hydrogen-bond acceptors (Lipinski definition) is 6. The van der Waals surface area contributed by atoms with E-state index in [1.54, 1.807) is 42.5 Å². The molecule has 0 bridgehead atoms. The molecule has 0 atom stereocenters. The summed E-state index contributed by atoms with van der Waals surface area (Å²) >= 11 is 0.818. The first-order chi connectivity index (χ1) is 13.8. The third kappa shape index (κ3) is 5.02. The Kier molecular flexibility index (Phi) is 5.99. The van der Waals surface area contributed by atoms with Crippen LogP contribution in [-0.2, 0) is 16.1 Å². The van der Waals surface area contributed by atoms with Gasteiger partial charge in [0.25, 0.3) is 11.1 Å². The van der Waals surface area contributed by atoms with E-state index in [1.807, 2.05) is 0 Å². The smallest absolute Gasteiger partial charge is 0.341 e. The minimum Gasteiger partial charge on any atom is -0.482 e. The number of ether oxygens (including phenoxy) is 1. The van der Waals surface area contributed by atoms with Crippen molar-refractivity contribution in [1.29, 1.82) is 0 Å². The number of amides is 2. The maximum absolute atomic E-state index is 12.6. The van der Waals surface area contributed by atoms with Crippen molar-refractivity contribution in [3.63, 3.8) is 0 Å².